The number of amides is 2. The van der Waals surface area contributed by atoms with Crippen LogP contribution in [0.1, 0.15) is 6.92 Å². The molecule has 0 aromatic carbocycles. The summed E-state index contributed by atoms with van der Waals surface area (Å²) >= 11 is 0. The minimum Gasteiger partial charge on any atom is -0.329 e. The molecule has 1 rings (SSSR count). The maximum Gasteiger partial charge on any atom is 0.405 e. The van der Waals surface area contributed by atoms with E-state index in [4.69, 9.17) is 0 Å². The summed E-state index contributed by atoms with van der Waals surface area (Å²) in [6, 6.07) is -0.531. The Morgan fingerprint density at radius 3 is 2.80 bits per heavy atom. The molecule has 0 bridgehead atoms. The summed E-state index contributed by atoms with van der Waals surface area (Å²) in [5.74, 6) is 0. The van der Waals surface area contributed by atoms with Crippen LogP contribution in [-0.4, -0.2) is 49.3 Å². The monoisotopic (exact) mass is 225 g/mol. The van der Waals surface area contributed by atoms with Crippen LogP contribution in [0.5, 0.6) is 0 Å². The highest BCUT2D eigenvalue weighted by Gasteiger charge is 2.29. The average Bonchev–Trinajstić information content (AvgIpc) is 2.13. The van der Waals surface area contributed by atoms with Crippen LogP contribution < -0.4 is 10.6 Å². The number of halogens is 3. The van der Waals surface area contributed by atoms with Gasteiger partial charge in [-0.15, -0.1) is 0 Å². The van der Waals surface area contributed by atoms with E-state index in [0.29, 0.717) is 19.6 Å². The molecule has 0 unspecified atom stereocenters. The van der Waals surface area contributed by atoms with Crippen molar-refractivity contribution in [3.05, 3.63) is 0 Å². The van der Waals surface area contributed by atoms with E-state index in [9.17, 15) is 18.0 Å². The standard InChI is InChI=1S/C8H14F3N3O/c1-6-4-14(3-2-12-6)7(15)13-5-8(9,10)11/h6,12H,2-5H2,1H3,(H,13,15)/t6-/m1/s1. The van der Waals surface area contributed by atoms with Crippen molar-refractivity contribution >= 4 is 6.03 Å². The smallest absolute Gasteiger partial charge is 0.329 e. The lowest BCUT2D eigenvalue weighted by molar-refractivity contribution is -0.123. The Labute approximate surface area is 85.8 Å². The molecule has 1 aliphatic rings. The maximum absolute atomic E-state index is 11.8. The van der Waals surface area contributed by atoms with Crippen LogP contribution in [0.15, 0.2) is 0 Å². The molecular weight excluding hydrogens is 211 g/mol. The van der Waals surface area contributed by atoms with E-state index in [1.165, 1.54) is 4.90 Å². The molecule has 0 aliphatic carbocycles. The highest BCUT2D eigenvalue weighted by atomic mass is 19.4. The van der Waals surface area contributed by atoms with Crippen molar-refractivity contribution in [1.82, 2.24) is 15.5 Å². The predicted octanol–water partition coefficient (Wildman–Crippen LogP) is 0.552. The van der Waals surface area contributed by atoms with Gasteiger partial charge >= 0.3 is 12.2 Å². The maximum atomic E-state index is 11.8. The first-order chi connectivity index (χ1) is 6.88. The van der Waals surface area contributed by atoms with Gasteiger partial charge < -0.3 is 15.5 Å². The summed E-state index contributed by atoms with van der Waals surface area (Å²) in [4.78, 5) is 12.7. The number of carbonyl (C=O) groups is 1. The van der Waals surface area contributed by atoms with Crippen LogP contribution in [-0.2, 0) is 0 Å². The number of piperazine rings is 1. The molecule has 0 saturated carbocycles. The fraction of sp³-hybridized carbons (Fsp3) is 0.875. The zero-order valence-electron chi connectivity index (χ0n) is 8.40. The summed E-state index contributed by atoms with van der Waals surface area (Å²) in [5.41, 5.74) is 0. The third kappa shape index (κ3) is 4.37. The summed E-state index contributed by atoms with van der Waals surface area (Å²) in [7, 11) is 0. The molecular formula is C8H14F3N3O. The average molecular weight is 225 g/mol. The number of nitrogens with zero attached hydrogens (tertiary/aromatic N) is 1. The molecule has 1 atom stereocenters. The number of hydrogen-bond donors (Lipinski definition) is 2. The lowest BCUT2D eigenvalue weighted by Gasteiger charge is -2.31. The number of urea groups is 1. The highest BCUT2D eigenvalue weighted by molar-refractivity contribution is 5.74. The molecule has 1 saturated heterocycles. The number of alkyl halides is 3. The minimum absolute atomic E-state index is 0.121. The summed E-state index contributed by atoms with van der Waals surface area (Å²) < 4.78 is 35.4. The van der Waals surface area contributed by atoms with Gasteiger partial charge in [-0.25, -0.2) is 4.79 Å². The largest absolute Gasteiger partial charge is 0.405 e. The van der Waals surface area contributed by atoms with Crippen LogP contribution in [0.25, 0.3) is 0 Å². The Morgan fingerprint density at radius 2 is 2.27 bits per heavy atom. The van der Waals surface area contributed by atoms with E-state index >= 15 is 0 Å². The molecule has 1 aliphatic heterocycles. The van der Waals surface area contributed by atoms with Crippen molar-refractivity contribution in [2.75, 3.05) is 26.2 Å². The third-order valence-electron chi connectivity index (χ3n) is 2.10. The summed E-state index contributed by atoms with van der Waals surface area (Å²) in [5, 5.41) is 4.94. The van der Waals surface area contributed by atoms with Gasteiger partial charge in [0.2, 0.25) is 0 Å². The first-order valence-electron chi connectivity index (χ1n) is 4.71. The molecule has 7 heteroatoms. The second-order valence-corrected chi connectivity index (χ2v) is 3.58. The van der Waals surface area contributed by atoms with E-state index in [1.54, 1.807) is 0 Å². The fourth-order valence-corrected chi connectivity index (χ4v) is 1.40. The first-order valence-corrected chi connectivity index (χ1v) is 4.71. The van der Waals surface area contributed by atoms with Gasteiger partial charge in [-0.2, -0.15) is 13.2 Å². The molecule has 4 nitrogen and oxygen atoms in total. The van der Waals surface area contributed by atoms with Gasteiger partial charge in [0.1, 0.15) is 6.54 Å². The van der Waals surface area contributed by atoms with E-state index in [2.05, 4.69) is 5.32 Å². The van der Waals surface area contributed by atoms with Crippen LogP contribution in [0.2, 0.25) is 0 Å². The van der Waals surface area contributed by atoms with Gasteiger partial charge in [0, 0.05) is 25.7 Å². The van der Waals surface area contributed by atoms with E-state index in [0.717, 1.165) is 0 Å². The van der Waals surface area contributed by atoms with Crippen LogP contribution in [0, 0.1) is 0 Å². The second-order valence-electron chi connectivity index (χ2n) is 3.58. The zero-order valence-corrected chi connectivity index (χ0v) is 8.40. The quantitative estimate of drug-likeness (QED) is 0.684. The predicted molar refractivity (Wildman–Crippen MR) is 48.5 cm³/mol. The van der Waals surface area contributed by atoms with Crippen LogP contribution >= 0.6 is 0 Å². The third-order valence-corrected chi connectivity index (χ3v) is 2.10. The number of hydrogen-bond acceptors (Lipinski definition) is 2. The number of rotatable bonds is 1. The van der Waals surface area contributed by atoms with Crippen molar-refractivity contribution in [3.63, 3.8) is 0 Å². The summed E-state index contributed by atoms with van der Waals surface area (Å²) in [6.07, 6.45) is -4.35. The first kappa shape index (κ1) is 12.1. The topological polar surface area (TPSA) is 44.4 Å². The van der Waals surface area contributed by atoms with Gasteiger partial charge in [0.05, 0.1) is 0 Å². The molecule has 0 radical (unpaired) electrons. The van der Waals surface area contributed by atoms with Gasteiger partial charge in [-0.3, -0.25) is 0 Å². The lowest BCUT2D eigenvalue weighted by Crippen LogP contribution is -2.54. The minimum atomic E-state index is -4.35. The molecule has 1 fully saturated rings. The fourth-order valence-electron chi connectivity index (χ4n) is 1.40. The van der Waals surface area contributed by atoms with Gasteiger partial charge in [0.15, 0.2) is 0 Å². The highest BCUT2D eigenvalue weighted by Crippen LogP contribution is 2.12. The van der Waals surface area contributed by atoms with Crippen molar-refractivity contribution in [3.8, 4) is 0 Å². The van der Waals surface area contributed by atoms with Gasteiger partial charge in [0.25, 0.3) is 0 Å². The zero-order chi connectivity index (χ0) is 11.5. The number of carbonyl (C=O) groups excluding carboxylic acids is 1. The van der Waals surface area contributed by atoms with E-state index in [-0.39, 0.29) is 6.04 Å². The van der Waals surface area contributed by atoms with Crippen molar-refractivity contribution < 1.29 is 18.0 Å². The molecule has 15 heavy (non-hydrogen) atoms. The molecule has 1 heterocycles. The van der Waals surface area contributed by atoms with Crippen molar-refractivity contribution in [2.45, 2.75) is 19.1 Å². The van der Waals surface area contributed by atoms with Crippen LogP contribution in [0.4, 0.5) is 18.0 Å². The molecule has 88 valence electrons. The lowest BCUT2D eigenvalue weighted by atomic mass is 10.2. The van der Waals surface area contributed by atoms with Crippen molar-refractivity contribution in [1.29, 1.82) is 0 Å². The Bertz CT molecular complexity index is 232. The normalized spacial score (nSPS) is 22.7. The van der Waals surface area contributed by atoms with E-state index < -0.39 is 18.8 Å². The SMILES string of the molecule is C[C@@H]1CN(C(=O)NCC(F)(F)F)CCN1. The summed E-state index contributed by atoms with van der Waals surface area (Å²) in [6.45, 7) is 2.09. The molecule has 2 N–H and O–H groups in total. The molecule has 0 spiro atoms. The Morgan fingerprint density at radius 1 is 1.60 bits per heavy atom. The Balaban J connectivity index is 2.33. The van der Waals surface area contributed by atoms with E-state index in [1.807, 2.05) is 12.2 Å². The van der Waals surface area contributed by atoms with Crippen LogP contribution in [0.3, 0.4) is 0 Å². The van der Waals surface area contributed by atoms with Crippen molar-refractivity contribution in [2.24, 2.45) is 0 Å². The molecule has 0 aromatic heterocycles. The number of nitrogens with one attached hydrogen (secondary N) is 2. The van der Waals surface area contributed by atoms with Gasteiger partial charge in [-0.05, 0) is 6.92 Å². The Kier molecular flexibility index (Phi) is 3.78. The molecule has 0 aromatic rings. The van der Waals surface area contributed by atoms with Gasteiger partial charge in [-0.1, -0.05) is 0 Å². The molecule has 2 amide bonds. The Hall–Kier alpha value is -0.980. The second kappa shape index (κ2) is 4.69.